The predicted molar refractivity (Wildman–Crippen MR) is 78.8 cm³/mol. The molecular formula is C15H20O4S. The van der Waals surface area contributed by atoms with E-state index >= 15 is 0 Å². The van der Waals surface area contributed by atoms with Crippen molar-refractivity contribution in [1.29, 1.82) is 0 Å². The van der Waals surface area contributed by atoms with Gasteiger partial charge in [-0.05, 0) is 48.8 Å². The van der Waals surface area contributed by atoms with Crippen molar-refractivity contribution in [2.45, 2.75) is 44.5 Å². The van der Waals surface area contributed by atoms with Gasteiger partial charge < -0.3 is 14.6 Å². The molecule has 2 unspecified atom stereocenters. The van der Waals surface area contributed by atoms with Gasteiger partial charge in [-0.1, -0.05) is 0 Å². The molecule has 2 rings (SSSR count). The molecule has 0 saturated heterocycles. The molecule has 20 heavy (non-hydrogen) atoms. The highest BCUT2D eigenvalue weighted by atomic mass is 32.1. The topological polar surface area (TPSA) is 55.8 Å². The molecule has 1 aromatic rings. The Balaban J connectivity index is 1.88. The van der Waals surface area contributed by atoms with Crippen LogP contribution in [0.4, 0.5) is 0 Å². The third kappa shape index (κ3) is 4.44. The minimum absolute atomic E-state index is 0.243. The molecule has 0 aliphatic heterocycles. The van der Waals surface area contributed by atoms with Crippen molar-refractivity contribution in [3.8, 4) is 0 Å². The lowest BCUT2D eigenvalue weighted by atomic mass is 9.95. The Bertz CT molecular complexity index is 466. The van der Waals surface area contributed by atoms with Crippen molar-refractivity contribution in [3.63, 3.8) is 0 Å². The summed E-state index contributed by atoms with van der Waals surface area (Å²) < 4.78 is 11.3. The summed E-state index contributed by atoms with van der Waals surface area (Å²) in [6.45, 7) is 0.540. The fourth-order valence-electron chi connectivity index (χ4n) is 2.44. The maximum Gasteiger partial charge on any atom is 0.328 e. The SMILES string of the molecule is COC1CCCC(OCc2sccc2C=CC(=O)O)C1. The van der Waals surface area contributed by atoms with Gasteiger partial charge in [0.05, 0.1) is 18.8 Å². The molecule has 0 bridgehead atoms. The first-order chi connectivity index (χ1) is 9.69. The Morgan fingerprint density at radius 1 is 1.50 bits per heavy atom. The smallest absolute Gasteiger partial charge is 0.328 e. The molecule has 1 saturated carbocycles. The summed E-state index contributed by atoms with van der Waals surface area (Å²) in [7, 11) is 1.75. The summed E-state index contributed by atoms with van der Waals surface area (Å²) in [5.41, 5.74) is 0.927. The van der Waals surface area contributed by atoms with Crippen LogP contribution in [0.15, 0.2) is 17.5 Å². The van der Waals surface area contributed by atoms with Crippen LogP contribution in [-0.2, 0) is 20.9 Å². The van der Waals surface area contributed by atoms with Crippen molar-refractivity contribution >= 4 is 23.4 Å². The van der Waals surface area contributed by atoms with E-state index in [4.69, 9.17) is 14.6 Å². The molecule has 0 amide bonds. The molecule has 2 atom stereocenters. The van der Waals surface area contributed by atoms with Crippen LogP contribution in [0.25, 0.3) is 6.08 Å². The van der Waals surface area contributed by atoms with E-state index in [1.54, 1.807) is 24.5 Å². The number of carboxylic acid groups (broad SMARTS) is 1. The summed E-state index contributed by atoms with van der Waals surface area (Å²) in [4.78, 5) is 11.6. The van der Waals surface area contributed by atoms with Crippen LogP contribution in [0.3, 0.4) is 0 Å². The molecule has 1 N–H and O–H groups in total. The van der Waals surface area contributed by atoms with Gasteiger partial charge in [-0.2, -0.15) is 0 Å². The summed E-state index contributed by atoms with van der Waals surface area (Å²) in [6.07, 6.45) is 7.61. The molecule has 110 valence electrons. The zero-order valence-corrected chi connectivity index (χ0v) is 12.4. The first-order valence-electron chi connectivity index (χ1n) is 6.81. The van der Waals surface area contributed by atoms with Crippen LogP contribution in [0, 0.1) is 0 Å². The number of hydrogen-bond acceptors (Lipinski definition) is 4. The number of ether oxygens (including phenoxy) is 2. The van der Waals surface area contributed by atoms with Crippen molar-refractivity contribution in [1.82, 2.24) is 0 Å². The zero-order chi connectivity index (χ0) is 14.4. The van der Waals surface area contributed by atoms with Crippen molar-refractivity contribution in [2.24, 2.45) is 0 Å². The molecule has 0 spiro atoms. The van der Waals surface area contributed by atoms with Gasteiger partial charge in [-0.25, -0.2) is 4.79 Å². The molecule has 4 nitrogen and oxygen atoms in total. The second kappa shape index (κ2) is 7.57. The third-order valence-corrected chi connectivity index (χ3v) is 4.46. The van der Waals surface area contributed by atoms with Gasteiger partial charge in [-0.15, -0.1) is 11.3 Å². The Hall–Kier alpha value is -1.17. The van der Waals surface area contributed by atoms with Crippen molar-refractivity contribution < 1.29 is 19.4 Å². The fourth-order valence-corrected chi connectivity index (χ4v) is 3.23. The van der Waals surface area contributed by atoms with E-state index in [-0.39, 0.29) is 6.10 Å². The minimum Gasteiger partial charge on any atom is -0.478 e. The third-order valence-electron chi connectivity index (χ3n) is 3.55. The lowest BCUT2D eigenvalue weighted by Gasteiger charge is -2.28. The number of rotatable bonds is 6. The number of hydrogen-bond donors (Lipinski definition) is 1. The quantitative estimate of drug-likeness (QED) is 0.818. The van der Waals surface area contributed by atoms with E-state index < -0.39 is 5.97 Å². The summed E-state index contributed by atoms with van der Waals surface area (Å²) in [5.74, 6) is -0.932. The van der Waals surface area contributed by atoms with Gasteiger partial charge in [0.1, 0.15) is 0 Å². The van der Waals surface area contributed by atoms with Crippen molar-refractivity contribution in [3.05, 3.63) is 28.0 Å². The zero-order valence-electron chi connectivity index (χ0n) is 11.6. The Kier molecular flexibility index (Phi) is 5.76. The highest BCUT2D eigenvalue weighted by Gasteiger charge is 2.22. The molecule has 1 heterocycles. The van der Waals surface area contributed by atoms with Gasteiger partial charge in [-0.3, -0.25) is 0 Å². The largest absolute Gasteiger partial charge is 0.478 e. The van der Waals surface area contributed by atoms with Crippen LogP contribution >= 0.6 is 11.3 Å². The van der Waals surface area contributed by atoms with Gasteiger partial charge in [0.15, 0.2) is 0 Å². The van der Waals surface area contributed by atoms with Crippen LogP contribution in [0.5, 0.6) is 0 Å². The van der Waals surface area contributed by atoms with Gasteiger partial charge in [0.2, 0.25) is 0 Å². The van der Waals surface area contributed by atoms with Gasteiger partial charge >= 0.3 is 5.97 Å². The van der Waals surface area contributed by atoms with E-state index in [2.05, 4.69) is 0 Å². The molecule has 1 aromatic heterocycles. The minimum atomic E-state index is -0.932. The van der Waals surface area contributed by atoms with Crippen LogP contribution < -0.4 is 0 Å². The van der Waals surface area contributed by atoms with Crippen LogP contribution in [0.2, 0.25) is 0 Å². The Labute approximate surface area is 123 Å². The standard InChI is InChI=1S/C15H20O4S/c1-18-12-3-2-4-13(9-12)19-10-14-11(7-8-20-14)5-6-15(16)17/h5-8,12-13H,2-4,9-10H2,1H3,(H,16,17). The Morgan fingerprint density at radius 2 is 2.30 bits per heavy atom. The van der Waals surface area contributed by atoms with Gasteiger partial charge in [0.25, 0.3) is 0 Å². The lowest BCUT2D eigenvalue weighted by Crippen LogP contribution is -2.27. The predicted octanol–water partition coefficient (Wildman–Crippen LogP) is 3.32. The molecular weight excluding hydrogens is 276 g/mol. The second-order valence-electron chi connectivity index (χ2n) is 4.93. The van der Waals surface area contributed by atoms with E-state index in [9.17, 15) is 4.79 Å². The molecule has 1 aliphatic rings. The monoisotopic (exact) mass is 296 g/mol. The number of carboxylic acids is 1. The molecule has 5 heteroatoms. The fraction of sp³-hybridized carbons (Fsp3) is 0.533. The average molecular weight is 296 g/mol. The number of carbonyl (C=O) groups is 1. The normalized spacial score (nSPS) is 23.2. The first-order valence-corrected chi connectivity index (χ1v) is 7.68. The molecule has 1 aliphatic carbocycles. The summed E-state index contributed by atoms with van der Waals surface area (Å²) in [5, 5.41) is 10.6. The average Bonchev–Trinajstić information content (AvgIpc) is 2.90. The number of aliphatic carboxylic acids is 1. The summed E-state index contributed by atoms with van der Waals surface area (Å²) >= 11 is 1.60. The maximum atomic E-state index is 10.6. The van der Waals surface area contributed by atoms with Crippen molar-refractivity contribution in [2.75, 3.05) is 7.11 Å². The first kappa shape index (κ1) is 15.2. The highest BCUT2D eigenvalue weighted by molar-refractivity contribution is 7.10. The number of methoxy groups -OCH3 is 1. The van der Waals surface area contributed by atoms with E-state index in [0.29, 0.717) is 12.7 Å². The maximum absolute atomic E-state index is 10.6. The second-order valence-corrected chi connectivity index (χ2v) is 5.93. The van der Waals surface area contributed by atoms with E-state index in [1.165, 1.54) is 0 Å². The van der Waals surface area contributed by atoms with Gasteiger partial charge in [0, 0.05) is 18.1 Å². The van der Waals surface area contributed by atoms with Crippen LogP contribution in [0.1, 0.15) is 36.1 Å². The van der Waals surface area contributed by atoms with Crippen LogP contribution in [-0.4, -0.2) is 30.4 Å². The molecule has 1 fully saturated rings. The lowest BCUT2D eigenvalue weighted by molar-refractivity contribution is -0.131. The van der Waals surface area contributed by atoms with E-state index in [0.717, 1.165) is 42.2 Å². The molecule has 0 radical (unpaired) electrons. The summed E-state index contributed by atoms with van der Waals surface area (Å²) in [6, 6.07) is 1.92. The molecule has 0 aromatic carbocycles. The van der Waals surface area contributed by atoms with E-state index in [1.807, 2.05) is 11.4 Å². The highest BCUT2D eigenvalue weighted by Crippen LogP contribution is 2.26. The number of thiophene rings is 1. The Morgan fingerprint density at radius 3 is 3.05 bits per heavy atom.